The van der Waals surface area contributed by atoms with Crippen molar-refractivity contribution in [2.45, 2.75) is 24.6 Å². The van der Waals surface area contributed by atoms with Gasteiger partial charge in [-0.15, -0.1) is 0 Å². The maximum Gasteiger partial charge on any atom is 0.416 e. The summed E-state index contributed by atoms with van der Waals surface area (Å²) in [5.41, 5.74) is -1.09. The van der Waals surface area contributed by atoms with E-state index in [0.717, 1.165) is 36.5 Å². The Morgan fingerprint density at radius 2 is 2.04 bits per heavy atom. The molecule has 23 heavy (non-hydrogen) atoms. The molecule has 0 spiro atoms. The molecule has 1 aliphatic rings. The smallest absolute Gasteiger partial charge is 0.376 e. The van der Waals surface area contributed by atoms with Gasteiger partial charge >= 0.3 is 12.2 Å². The monoisotopic (exact) mass is 348 g/mol. The highest BCUT2D eigenvalue weighted by Gasteiger charge is 2.33. The van der Waals surface area contributed by atoms with Gasteiger partial charge in [0, 0.05) is 19.3 Å². The lowest BCUT2D eigenvalue weighted by molar-refractivity contribution is -0.137. The number of halogens is 3. The third-order valence-corrected chi connectivity index (χ3v) is 4.84. The minimum absolute atomic E-state index is 0.1000. The summed E-state index contributed by atoms with van der Waals surface area (Å²) in [6, 6.07) is 4.00. The summed E-state index contributed by atoms with van der Waals surface area (Å²) >= 11 is 1.84. The van der Waals surface area contributed by atoms with Crippen LogP contribution in [0.5, 0.6) is 0 Å². The standard InChI is InChI=1S/C15H19F3N2O2S/c1-22-14(5-7-23-8-6-14)10-19-13(21)20-12-4-2-3-11(9-12)15(16,17)18/h2-4,9H,5-8,10H2,1H3,(H2,19,20,21). The van der Waals surface area contributed by atoms with E-state index >= 15 is 0 Å². The maximum absolute atomic E-state index is 12.6. The Hall–Kier alpha value is -1.41. The van der Waals surface area contributed by atoms with E-state index in [4.69, 9.17) is 4.74 Å². The Labute approximate surface area is 137 Å². The number of methoxy groups -OCH3 is 1. The van der Waals surface area contributed by atoms with Gasteiger partial charge in [0.1, 0.15) is 0 Å². The zero-order valence-electron chi connectivity index (χ0n) is 12.7. The molecule has 0 aromatic heterocycles. The molecule has 0 aliphatic carbocycles. The number of benzene rings is 1. The van der Waals surface area contributed by atoms with Crippen LogP contribution in [-0.4, -0.2) is 36.8 Å². The number of rotatable bonds is 4. The van der Waals surface area contributed by atoms with Crippen LogP contribution < -0.4 is 10.6 Å². The van der Waals surface area contributed by atoms with Crippen LogP contribution in [0.15, 0.2) is 24.3 Å². The third kappa shape index (κ3) is 5.04. The van der Waals surface area contributed by atoms with Gasteiger partial charge in [0.05, 0.1) is 11.2 Å². The average molecular weight is 348 g/mol. The second-order valence-corrected chi connectivity index (χ2v) is 6.61. The molecule has 2 amide bonds. The molecule has 1 saturated heterocycles. The number of ether oxygens (including phenoxy) is 1. The van der Waals surface area contributed by atoms with Crippen LogP contribution in [-0.2, 0) is 10.9 Å². The molecule has 4 nitrogen and oxygen atoms in total. The first kappa shape index (κ1) is 17.9. The number of carbonyl (C=O) groups excluding carboxylic acids is 1. The third-order valence-electron chi connectivity index (χ3n) is 3.86. The Morgan fingerprint density at radius 1 is 1.35 bits per heavy atom. The summed E-state index contributed by atoms with van der Waals surface area (Å²) in [7, 11) is 1.61. The van der Waals surface area contributed by atoms with Crippen LogP contribution >= 0.6 is 11.8 Å². The molecule has 1 aromatic carbocycles. The van der Waals surface area contributed by atoms with Crippen molar-refractivity contribution in [1.29, 1.82) is 0 Å². The van der Waals surface area contributed by atoms with Crippen molar-refractivity contribution >= 4 is 23.5 Å². The van der Waals surface area contributed by atoms with Crippen LogP contribution in [0.4, 0.5) is 23.7 Å². The van der Waals surface area contributed by atoms with Crippen LogP contribution in [0.3, 0.4) is 0 Å². The molecule has 1 aromatic rings. The van der Waals surface area contributed by atoms with Crippen LogP contribution in [0, 0.1) is 0 Å². The lowest BCUT2D eigenvalue weighted by Gasteiger charge is -2.35. The lowest BCUT2D eigenvalue weighted by atomic mass is 9.96. The number of amides is 2. The largest absolute Gasteiger partial charge is 0.416 e. The van der Waals surface area contributed by atoms with E-state index in [0.29, 0.717) is 6.54 Å². The highest BCUT2D eigenvalue weighted by Crippen LogP contribution is 2.31. The zero-order valence-corrected chi connectivity index (χ0v) is 13.5. The Morgan fingerprint density at radius 3 is 2.65 bits per heavy atom. The Kier molecular flexibility index (Phi) is 5.80. The molecule has 1 heterocycles. The number of nitrogens with one attached hydrogen (secondary N) is 2. The molecule has 0 atom stereocenters. The van der Waals surface area contributed by atoms with Gasteiger partial charge in [-0.25, -0.2) is 4.79 Å². The van der Waals surface area contributed by atoms with E-state index in [-0.39, 0.29) is 5.69 Å². The van der Waals surface area contributed by atoms with E-state index in [1.54, 1.807) is 7.11 Å². The number of anilines is 1. The summed E-state index contributed by atoms with van der Waals surface area (Å²) in [6.07, 6.45) is -2.77. The molecule has 1 aliphatic heterocycles. The fraction of sp³-hybridized carbons (Fsp3) is 0.533. The van der Waals surface area contributed by atoms with Crippen molar-refractivity contribution in [3.05, 3.63) is 29.8 Å². The number of thioether (sulfide) groups is 1. The van der Waals surface area contributed by atoms with Gasteiger partial charge in [0.2, 0.25) is 0 Å². The second kappa shape index (κ2) is 7.44. The Bertz CT molecular complexity index is 546. The zero-order chi connectivity index (χ0) is 16.9. The predicted octanol–water partition coefficient (Wildman–Crippen LogP) is 3.74. The minimum atomic E-state index is -4.44. The van der Waals surface area contributed by atoms with Gasteiger partial charge in [-0.05, 0) is 42.5 Å². The highest BCUT2D eigenvalue weighted by molar-refractivity contribution is 7.99. The topological polar surface area (TPSA) is 50.4 Å². The summed E-state index contributed by atoms with van der Waals surface area (Å²) in [6.45, 7) is 0.328. The average Bonchev–Trinajstić information content (AvgIpc) is 2.53. The van der Waals surface area contributed by atoms with Gasteiger partial charge in [-0.3, -0.25) is 0 Å². The molecule has 1 fully saturated rings. The highest BCUT2D eigenvalue weighted by atomic mass is 32.2. The normalized spacial score (nSPS) is 17.6. The van der Waals surface area contributed by atoms with Crippen LogP contribution in [0.2, 0.25) is 0 Å². The summed E-state index contributed by atoms with van der Waals surface area (Å²) in [4.78, 5) is 11.9. The van der Waals surface area contributed by atoms with Crippen molar-refractivity contribution in [3.8, 4) is 0 Å². The molecule has 128 valence electrons. The molecular weight excluding hydrogens is 329 g/mol. The van der Waals surface area contributed by atoms with Gasteiger partial charge < -0.3 is 15.4 Å². The molecule has 0 saturated carbocycles. The fourth-order valence-corrected chi connectivity index (χ4v) is 3.62. The first-order valence-electron chi connectivity index (χ1n) is 7.20. The van der Waals surface area contributed by atoms with Crippen molar-refractivity contribution < 1.29 is 22.7 Å². The SMILES string of the molecule is COC1(CNC(=O)Nc2cccc(C(F)(F)F)c2)CCSCC1. The van der Waals surface area contributed by atoms with Gasteiger partial charge in [0.25, 0.3) is 0 Å². The van der Waals surface area contributed by atoms with E-state index in [9.17, 15) is 18.0 Å². The van der Waals surface area contributed by atoms with E-state index in [1.165, 1.54) is 12.1 Å². The van der Waals surface area contributed by atoms with Crippen molar-refractivity contribution in [2.75, 3.05) is 30.5 Å². The van der Waals surface area contributed by atoms with Crippen molar-refractivity contribution in [2.24, 2.45) is 0 Å². The van der Waals surface area contributed by atoms with E-state index < -0.39 is 23.4 Å². The first-order valence-corrected chi connectivity index (χ1v) is 8.35. The van der Waals surface area contributed by atoms with Crippen LogP contribution in [0.1, 0.15) is 18.4 Å². The van der Waals surface area contributed by atoms with Crippen LogP contribution in [0.25, 0.3) is 0 Å². The quantitative estimate of drug-likeness (QED) is 0.871. The van der Waals surface area contributed by atoms with Crippen molar-refractivity contribution in [1.82, 2.24) is 5.32 Å². The molecule has 0 bridgehead atoms. The molecule has 0 unspecified atom stereocenters. The van der Waals surface area contributed by atoms with Gasteiger partial charge in [0.15, 0.2) is 0 Å². The molecule has 8 heteroatoms. The van der Waals surface area contributed by atoms with E-state index in [1.807, 2.05) is 11.8 Å². The number of carbonyl (C=O) groups is 1. The first-order chi connectivity index (χ1) is 10.8. The van der Waals surface area contributed by atoms with Gasteiger partial charge in [-0.2, -0.15) is 24.9 Å². The molecule has 2 rings (SSSR count). The van der Waals surface area contributed by atoms with Crippen molar-refractivity contribution in [3.63, 3.8) is 0 Å². The number of alkyl halides is 3. The minimum Gasteiger partial charge on any atom is -0.376 e. The van der Waals surface area contributed by atoms with E-state index in [2.05, 4.69) is 10.6 Å². The number of urea groups is 1. The maximum atomic E-state index is 12.6. The predicted molar refractivity (Wildman–Crippen MR) is 84.8 cm³/mol. The Balaban J connectivity index is 1.92. The number of hydrogen-bond donors (Lipinski definition) is 2. The summed E-state index contributed by atoms with van der Waals surface area (Å²) in [5.74, 6) is 1.93. The molecule has 2 N–H and O–H groups in total. The number of hydrogen-bond acceptors (Lipinski definition) is 3. The summed E-state index contributed by atoms with van der Waals surface area (Å²) < 4.78 is 43.5. The van der Waals surface area contributed by atoms with Gasteiger partial charge in [-0.1, -0.05) is 6.07 Å². The summed E-state index contributed by atoms with van der Waals surface area (Å²) in [5, 5.41) is 5.11. The lowest BCUT2D eigenvalue weighted by Crippen LogP contribution is -2.47. The fourth-order valence-electron chi connectivity index (χ4n) is 2.39. The molecule has 0 radical (unpaired) electrons. The second-order valence-electron chi connectivity index (χ2n) is 5.39. The molecular formula is C15H19F3N2O2S.